The van der Waals surface area contributed by atoms with Gasteiger partial charge in [-0.15, -0.1) is 11.3 Å². The number of nitrogens with one attached hydrogen (secondary N) is 1. The summed E-state index contributed by atoms with van der Waals surface area (Å²) in [5.41, 5.74) is 1.29. The van der Waals surface area contributed by atoms with Gasteiger partial charge in [0.05, 0.1) is 29.5 Å². The van der Waals surface area contributed by atoms with Gasteiger partial charge < -0.3 is 10.1 Å². The zero-order valence-corrected chi connectivity index (χ0v) is 14.1. The van der Waals surface area contributed by atoms with Gasteiger partial charge in [0.1, 0.15) is 0 Å². The molecule has 2 unspecified atom stereocenters. The first-order chi connectivity index (χ1) is 9.47. The van der Waals surface area contributed by atoms with Gasteiger partial charge >= 0.3 is 0 Å². The molecular formula is C15H27N3OS. The first-order valence-electron chi connectivity index (χ1n) is 7.43. The molecule has 0 radical (unpaired) electrons. The molecule has 0 aliphatic carbocycles. The molecule has 20 heavy (non-hydrogen) atoms. The Morgan fingerprint density at radius 1 is 1.50 bits per heavy atom. The lowest BCUT2D eigenvalue weighted by molar-refractivity contribution is -0.0698. The number of likely N-dealkylation sites (N-methyl/N-ethyl adjacent to an activating group) is 2. The molecule has 5 heteroatoms. The molecule has 0 saturated carbocycles. The van der Waals surface area contributed by atoms with Crippen molar-refractivity contribution >= 4 is 11.3 Å². The van der Waals surface area contributed by atoms with Gasteiger partial charge in [-0.2, -0.15) is 0 Å². The summed E-state index contributed by atoms with van der Waals surface area (Å²) >= 11 is 1.77. The van der Waals surface area contributed by atoms with Crippen LogP contribution in [-0.4, -0.2) is 49.3 Å². The van der Waals surface area contributed by atoms with Crippen LogP contribution in [0.5, 0.6) is 0 Å². The van der Waals surface area contributed by atoms with Crippen molar-refractivity contribution in [1.29, 1.82) is 0 Å². The number of nitrogens with zero attached hydrogens (tertiary/aromatic N) is 2. The van der Waals surface area contributed by atoms with Crippen molar-refractivity contribution in [3.05, 3.63) is 16.1 Å². The average molecular weight is 297 g/mol. The Labute approximate surface area is 126 Å². The zero-order valence-electron chi connectivity index (χ0n) is 13.3. The molecule has 0 aromatic carbocycles. The summed E-state index contributed by atoms with van der Waals surface area (Å²) < 4.78 is 5.97. The molecule has 1 aromatic rings. The molecule has 0 bridgehead atoms. The summed E-state index contributed by atoms with van der Waals surface area (Å²) in [5.74, 6) is 0. The molecule has 1 N–H and O–H groups in total. The van der Waals surface area contributed by atoms with E-state index in [0.29, 0.717) is 0 Å². The molecule has 114 valence electrons. The highest BCUT2D eigenvalue weighted by Gasteiger charge is 2.34. The van der Waals surface area contributed by atoms with Crippen LogP contribution in [0.15, 0.2) is 5.38 Å². The summed E-state index contributed by atoms with van der Waals surface area (Å²) in [4.78, 5) is 7.38. The predicted octanol–water partition coefficient (Wildman–Crippen LogP) is 2.42. The Hall–Kier alpha value is -0.490. The molecule has 1 fully saturated rings. The molecule has 0 spiro atoms. The number of thiazole rings is 1. The Balaban J connectivity index is 2.26. The number of hydrogen-bond acceptors (Lipinski definition) is 5. The lowest BCUT2D eigenvalue weighted by Crippen LogP contribution is -2.48. The molecule has 1 aliphatic heterocycles. The second-order valence-corrected chi connectivity index (χ2v) is 7.23. The smallest absolute Gasteiger partial charge is 0.0982 e. The van der Waals surface area contributed by atoms with Crippen molar-refractivity contribution in [2.24, 2.45) is 0 Å². The van der Waals surface area contributed by atoms with Crippen LogP contribution in [0.4, 0.5) is 0 Å². The molecule has 0 amide bonds. The maximum atomic E-state index is 5.97. The van der Waals surface area contributed by atoms with Crippen LogP contribution in [0, 0.1) is 0 Å². The topological polar surface area (TPSA) is 37.4 Å². The fraction of sp³-hybridized carbons (Fsp3) is 0.800. The Kier molecular flexibility index (Phi) is 5.18. The Morgan fingerprint density at radius 3 is 2.80 bits per heavy atom. The van der Waals surface area contributed by atoms with Gasteiger partial charge in [-0.3, -0.25) is 4.90 Å². The third kappa shape index (κ3) is 3.39. The molecule has 2 atom stereocenters. The number of aromatic nitrogens is 1. The van der Waals surface area contributed by atoms with Gasteiger partial charge in [0, 0.05) is 23.9 Å². The van der Waals surface area contributed by atoms with E-state index < -0.39 is 0 Å². The third-order valence-electron chi connectivity index (χ3n) is 3.73. The van der Waals surface area contributed by atoms with Gasteiger partial charge in [-0.25, -0.2) is 4.98 Å². The standard InChI is InChI=1S/C15H27N3OS/c1-6-18-7-8-19-12(9-16-5)13(18)11-10-20-14(17-11)15(2,3)4/h10,12-13,16H,6-9H2,1-5H3. The largest absolute Gasteiger partial charge is 0.374 e. The number of hydrogen-bond donors (Lipinski definition) is 1. The Morgan fingerprint density at radius 2 is 2.25 bits per heavy atom. The van der Waals surface area contributed by atoms with Crippen LogP contribution in [-0.2, 0) is 10.2 Å². The van der Waals surface area contributed by atoms with E-state index in [0.717, 1.165) is 26.2 Å². The minimum atomic E-state index is 0.119. The highest BCUT2D eigenvalue weighted by atomic mass is 32.1. The Bertz CT molecular complexity index is 425. The highest BCUT2D eigenvalue weighted by molar-refractivity contribution is 7.09. The van der Waals surface area contributed by atoms with E-state index in [1.165, 1.54) is 10.7 Å². The van der Waals surface area contributed by atoms with Gasteiger partial charge in [0.15, 0.2) is 0 Å². The minimum Gasteiger partial charge on any atom is -0.374 e. The molecule has 1 saturated heterocycles. The molecule has 2 rings (SSSR count). The number of ether oxygens (including phenoxy) is 1. The van der Waals surface area contributed by atoms with Crippen molar-refractivity contribution < 1.29 is 4.74 Å². The van der Waals surface area contributed by atoms with Crippen LogP contribution in [0.1, 0.15) is 44.4 Å². The van der Waals surface area contributed by atoms with Crippen molar-refractivity contribution in [1.82, 2.24) is 15.2 Å². The van der Waals surface area contributed by atoms with Crippen molar-refractivity contribution in [3.63, 3.8) is 0 Å². The average Bonchev–Trinajstić information content (AvgIpc) is 2.88. The predicted molar refractivity (Wildman–Crippen MR) is 84.5 cm³/mol. The first-order valence-corrected chi connectivity index (χ1v) is 8.31. The van der Waals surface area contributed by atoms with E-state index in [1.54, 1.807) is 11.3 Å². The lowest BCUT2D eigenvalue weighted by atomic mass is 9.98. The lowest BCUT2D eigenvalue weighted by Gasteiger charge is -2.40. The normalized spacial score (nSPS) is 25.1. The molecule has 1 aromatic heterocycles. The van der Waals surface area contributed by atoms with Gasteiger partial charge in [-0.05, 0) is 13.6 Å². The maximum Gasteiger partial charge on any atom is 0.0982 e. The van der Waals surface area contributed by atoms with Crippen molar-refractivity contribution in [2.45, 2.75) is 45.3 Å². The first kappa shape index (κ1) is 15.9. The SMILES string of the molecule is CCN1CCOC(CNC)C1c1csc(C(C)(C)C)n1. The monoisotopic (exact) mass is 297 g/mol. The summed E-state index contributed by atoms with van der Waals surface area (Å²) in [6.07, 6.45) is 0.184. The highest BCUT2D eigenvalue weighted by Crippen LogP contribution is 2.33. The second-order valence-electron chi connectivity index (χ2n) is 6.37. The van der Waals surface area contributed by atoms with Crippen LogP contribution in [0.2, 0.25) is 0 Å². The summed E-state index contributed by atoms with van der Waals surface area (Å²) in [6, 6.07) is 0.272. The molecular weight excluding hydrogens is 270 g/mol. The minimum absolute atomic E-state index is 0.119. The van der Waals surface area contributed by atoms with E-state index in [1.807, 2.05) is 7.05 Å². The fourth-order valence-electron chi connectivity index (χ4n) is 2.66. The summed E-state index contributed by atoms with van der Waals surface area (Å²) in [5, 5.41) is 6.66. The van der Waals surface area contributed by atoms with Crippen molar-refractivity contribution in [3.8, 4) is 0 Å². The maximum absolute atomic E-state index is 5.97. The molecule has 1 aliphatic rings. The van der Waals surface area contributed by atoms with E-state index in [9.17, 15) is 0 Å². The number of rotatable bonds is 4. The molecule has 2 heterocycles. The van der Waals surface area contributed by atoms with Crippen LogP contribution in [0.25, 0.3) is 0 Å². The molecule has 4 nitrogen and oxygen atoms in total. The van der Waals surface area contributed by atoms with E-state index in [2.05, 4.69) is 43.3 Å². The van der Waals surface area contributed by atoms with E-state index in [-0.39, 0.29) is 17.6 Å². The second kappa shape index (κ2) is 6.52. The number of morpholine rings is 1. The quantitative estimate of drug-likeness (QED) is 0.926. The zero-order chi connectivity index (χ0) is 14.8. The van der Waals surface area contributed by atoms with Gasteiger partial charge in [-0.1, -0.05) is 27.7 Å². The van der Waals surface area contributed by atoms with Crippen LogP contribution >= 0.6 is 11.3 Å². The van der Waals surface area contributed by atoms with Gasteiger partial charge in [0.25, 0.3) is 0 Å². The fourth-order valence-corrected chi connectivity index (χ4v) is 3.59. The summed E-state index contributed by atoms with van der Waals surface area (Å²) in [7, 11) is 1.98. The van der Waals surface area contributed by atoms with Crippen LogP contribution < -0.4 is 5.32 Å². The summed E-state index contributed by atoms with van der Waals surface area (Å²) in [6.45, 7) is 12.6. The van der Waals surface area contributed by atoms with Crippen LogP contribution in [0.3, 0.4) is 0 Å². The van der Waals surface area contributed by atoms with Gasteiger partial charge in [0.2, 0.25) is 0 Å². The third-order valence-corrected chi connectivity index (χ3v) is 5.02. The van der Waals surface area contributed by atoms with Crippen molar-refractivity contribution in [2.75, 3.05) is 33.3 Å². The van der Waals surface area contributed by atoms with E-state index in [4.69, 9.17) is 9.72 Å². The van der Waals surface area contributed by atoms with E-state index >= 15 is 0 Å².